The smallest absolute Gasteiger partial charge is 0.123 e. The second-order valence-electron chi connectivity index (χ2n) is 5.65. The fourth-order valence-corrected chi connectivity index (χ4v) is 2.94. The third-order valence-corrected chi connectivity index (χ3v) is 4.09. The van der Waals surface area contributed by atoms with Crippen LogP contribution in [-0.4, -0.2) is 14.1 Å². The Morgan fingerprint density at radius 1 is 0.833 bits per heavy atom. The van der Waals surface area contributed by atoms with Gasteiger partial charge in [0.05, 0.1) is 12.4 Å². The molecule has 0 aliphatic rings. The van der Waals surface area contributed by atoms with Crippen molar-refractivity contribution in [3.05, 3.63) is 109 Å². The second kappa shape index (κ2) is 6.16. The lowest BCUT2D eigenvalue weighted by Crippen LogP contribution is -2.09. The van der Waals surface area contributed by atoms with Crippen molar-refractivity contribution in [2.45, 2.75) is 6.04 Å². The Bertz CT molecular complexity index is 909. The lowest BCUT2D eigenvalue weighted by molar-refractivity contribution is 0.627. The van der Waals surface area contributed by atoms with Crippen molar-refractivity contribution in [3.63, 3.8) is 0 Å². The van der Waals surface area contributed by atoms with Crippen molar-refractivity contribution in [2.24, 2.45) is 0 Å². The van der Waals surface area contributed by atoms with Crippen LogP contribution in [0.1, 0.15) is 17.2 Å². The summed E-state index contributed by atoms with van der Waals surface area (Å²) >= 11 is 0. The number of hydrogen-bond acceptors (Lipinski definition) is 1. The van der Waals surface area contributed by atoms with Crippen LogP contribution in [0.3, 0.4) is 0 Å². The molecule has 24 heavy (non-hydrogen) atoms. The quantitative estimate of drug-likeness (QED) is 0.545. The lowest BCUT2D eigenvalue weighted by Gasteiger charge is -2.18. The van der Waals surface area contributed by atoms with Gasteiger partial charge in [-0.1, -0.05) is 30.3 Å². The molecule has 0 unspecified atom stereocenters. The summed E-state index contributed by atoms with van der Waals surface area (Å²) in [6.07, 6.45) is 9.65. The molecule has 1 atom stereocenters. The molecule has 2 heterocycles. The van der Waals surface area contributed by atoms with E-state index in [0.29, 0.717) is 0 Å². The summed E-state index contributed by atoms with van der Waals surface area (Å²) in [4.78, 5) is 4.18. The molecule has 0 aliphatic carbocycles. The highest BCUT2D eigenvalue weighted by Crippen LogP contribution is 2.27. The zero-order valence-corrected chi connectivity index (χ0v) is 13.0. The van der Waals surface area contributed by atoms with E-state index in [1.807, 2.05) is 41.5 Å². The van der Waals surface area contributed by atoms with Crippen LogP contribution in [-0.2, 0) is 0 Å². The van der Waals surface area contributed by atoms with Gasteiger partial charge in [0.1, 0.15) is 5.82 Å². The number of benzene rings is 2. The zero-order chi connectivity index (χ0) is 16.4. The Balaban J connectivity index is 1.76. The second-order valence-corrected chi connectivity index (χ2v) is 5.65. The van der Waals surface area contributed by atoms with E-state index in [0.717, 1.165) is 11.3 Å². The summed E-state index contributed by atoms with van der Waals surface area (Å²) in [5.41, 5.74) is 3.26. The fourth-order valence-electron chi connectivity index (χ4n) is 2.94. The van der Waals surface area contributed by atoms with E-state index in [1.54, 1.807) is 18.3 Å². The highest BCUT2D eigenvalue weighted by atomic mass is 19.1. The first-order valence-corrected chi connectivity index (χ1v) is 7.77. The SMILES string of the molecule is Fc1ccc(-n2ccc([C@@H](c3ccccc3)n3ccnc3)c2)cc1. The molecule has 0 amide bonds. The van der Waals surface area contributed by atoms with Crippen LogP contribution in [0, 0.1) is 5.82 Å². The number of nitrogens with zero attached hydrogens (tertiary/aromatic N) is 3. The zero-order valence-electron chi connectivity index (χ0n) is 13.0. The molecule has 0 radical (unpaired) electrons. The number of aromatic nitrogens is 3. The summed E-state index contributed by atoms with van der Waals surface area (Å²) in [5, 5.41) is 0. The van der Waals surface area contributed by atoms with Gasteiger partial charge in [-0.2, -0.15) is 0 Å². The average molecular weight is 317 g/mol. The predicted molar refractivity (Wildman–Crippen MR) is 91.6 cm³/mol. The molecule has 0 saturated carbocycles. The Morgan fingerprint density at radius 2 is 1.62 bits per heavy atom. The van der Waals surface area contributed by atoms with Gasteiger partial charge in [0.15, 0.2) is 0 Å². The van der Waals surface area contributed by atoms with Crippen LogP contribution >= 0.6 is 0 Å². The van der Waals surface area contributed by atoms with E-state index in [9.17, 15) is 4.39 Å². The van der Waals surface area contributed by atoms with Gasteiger partial charge >= 0.3 is 0 Å². The molecular formula is C20H16FN3. The standard InChI is InChI=1S/C20H16FN3/c21-18-6-8-19(9-7-18)23-12-10-17(14-23)20(24-13-11-22-15-24)16-4-2-1-3-5-16/h1-15,20H/t20-/m1/s1. The lowest BCUT2D eigenvalue weighted by atomic mass is 10.0. The maximum absolute atomic E-state index is 13.1. The van der Waals surface area contributed by atoms with Crippen molar-refractivity contribution < 1.29 is 4.39 Å². The number of imidazole rings is 1. The maximum atomic E-state index is 13.1. The van der Waals surface area contributed by atoms with Crippen molar-refractivity contribution in [1.29, 1.82) is 0 Å². The van der Waals surface area contributed by atoms with E-state index < -0.39 is 0 Å². The van der Waals surface area contributed by atoms with Crippen molar-refractivity contribution >= 4 is 0 Å². The van der Waals surface area contributed by atoms with Crippen LogP contribution in [0.5, 0.6) is 0 Å². The molecule has 0 saturated heterocycles. The van der Waals surface area contributed by atoms with Crippen LogP contribution in [0.2, 0.25) is 0 Å². The normalized spacial score (nSPS) is 12.2. The molecule has 0 aliphatic heterocycles. The Hall–Kier alpha value is -3.14. The molecular weight excluding hydrogens is 301 g/mol. The minimum absolute atomic E-state index is 0.0513. The fraction of sp³-hybridized carbons (Fsp3) is 0.0500. The average Bonchev–Trinajstić information content (AvgIpc) is 3.30. The molecule has 0 N–H and O–H groups in total. The van der Waals surface area contributed by atoms with Crippen LogP contribution in [0.25, 0.3) is 5.69 Å². The molecule has 118 valence electrons. The monoisotopic (exact) mass is 317 g/mol. The van der Waals surface area contributed by atoms with Crippen LogP contribution in [0.15, 0.2) is 91.8 Å². The van der Waals surface area contributed by atoms with E-state index >= 15 is 0 Å². The van der Waals surface area contributed by atoms with E-state index in [-0.39, 0.29) is 11.9 Å². The van der Waals surface area contributed by atoms with Gasteiger partial charge in [0.2, 0.25) is 0 Å². The molecule has 0 bridgehead atoms. The van der Waals surface area contributed by atoms with Gasteiger partial charge in [0, 0.05) is 30.5 Å². The molecule has 3 nitrogen and oxygen atoms in total. The molecule has 4 heteroatoms. The molecule has 2 aromatic heterocycles. The third-order valence-electron chi connectivity index (χ3n) is 4.09. The van der Waals surface area contributed by atoms with Gasteiger partial charge in [-0.3, -0.25) is 0 Å². The number of rotatable bonds is 4. The summed E-state index contributed by atoms with van der Waals surface area (Å²) in [7, 11) is 0. The van der Waals surface area contributed by atoms with Gasteiger partial charge < -0.3 is 9.13 Å². The number of hydrogen-bond donors (Lipinski definition) is 0. The van der Waals surface area contributed by atoms with Gasteiger partial charge in [0.25, 0.3) is 0 Å². The number of halogens is 1. The highest BCUT2D eigenvalue weighted by Gasteiger charge is 2.17. The first kappa shape index (κ1) is 14.5. The van der Waals surface area contributed by atoms with Crippen molar-refractivity contribution in [1.82, 2.24) is 14.1 Å². The third kappa shape index (κ3) is 2.74. The summed E-state index contributed by atoms with van der Waals surface area (Å²) in [5.74, 6) is -0.230. The first-order chi connectivity index (χ1) is 11.8. The Kier molecular flexibility index (Phi) is 3.71. The summed E-state index contributed by atoms with van der Waals surface area (Å²) in [6.45, 7) is 0. The maximum Gasteiger partial charge on any atom is 0.123 e. The van der Waals surface area contributed by atoms with E-state index in [1.165, 1.54) is 17.7 Å². The highest BCUT2D eigenvalue weighted by molar-refractivity contribution is 5.37. The van der Waals surface area contributed by atoms with Gasteiger partial charge in [-0.15, -0.1) is 0 Å². The predicted octanol–water partition coefficient (Wildman–Crippen LogP) is 4.45. The molecule has 4 aromatic rings. The van der Waals surface area contributed by atoms with Gasteiger partial charge in [-0.05, 0) is 41.5 Å². The minimum atomic E-state index is -0.230. The van der Waals surface area contributed by atoms with Crippen molar-refractivity contribution in [3.8, 4) is 5.69 Å². The van der Waals surface area contributed by atoms with Gasteiger partial charge in [-0.25, -0.2) is 9.37 Å². The first-order valence-electron chi connectivity index (χ1n) is 7.77. The Morgan fingerprint density at radius 3 is 2.33 bits per heavy atom. The molecule has 0 spiro atoms. The minimum Gasteiger partial charge on any atom is -0.326 e. The largest absolute Gasteiger partial charge is 0.326 e. The topological polar surface area (TPSA) is 22.8 Å². The molecule has 0 fully saturated rings. The van der Waals surface area contributed by atoms with Crippen molar-refractivity contribution in [2.75, 3.05) is 0 Å². The summed E-state index contributed by atoms with van der Waals surface area (Å²) < 4.78 is 17.2. The van der Waals surface area contributed by atoms with Crippen LogP contribution in [0.4, 0.5) is 4.39 Å². The molecule has 2 aromatic carbocycles. The summed E-state index contributed by atoms with van der Waals surface area (Å²) in [6, 6.07) is 18.9. The Labute approximate surface area is 139 Å². The van der Waals surface area contributed by atoms with E-state index in [2.05, 4.69) is 33.9 Å². The molecule has 4 rings (SSSR count). The van der Waals surface area contributed by atoms with Crippen LogP contribution < -0.4 is 0 Å². The van der Waals surface area contributed by atoms with E-state index in [4.69, 9.17) is 0 Å².